The van der Waals surface area contributed by atoms with Gasteiger partial charge in [-0.1, -0.05) is 24.9 Å². The molecule has 1 fully saturated rings. The molecule has 1 aliphatic rings. The minimum Gasteiger partial charge on any atom is -0.334 e. The van der Waals surface area contributed by atoms with Gasteiger partial charge in [-0.25, -0.2) is 20.5 Å². The van der Waals surface area contributed by atoms with Gasteiger partial charge in [-0.05, 0) is 30.7 Å². The standard InChI is InChI=1S/C20H23ClF2N4O3S/c1-2-3-5-27(11-4-6-31-18(28)7-11)20(30)16-10-17(26-25-16)24-19(29)12-8-14(22)15(23)9-13(12)21/h8-11H,2-7,31H2,1H3,(H2,24,25,26,29). The molecule has 2 heterocycles. The first kappa shape index (κ1) is 23.2. The van der Waals surface area contributed by atoms with Crippen LogP contribution in [0.4, 0.5) is 14.6 Å². The van der Waals surface area contributed by atoms with Crippen LogP contribution in [0.25, 0.3) is 0 Å². The Hall–Kier alpha value is -2.46. The molecule has 31 heavy (non-hydrogen) atoms. The molecule has 0 spiro atoms. The molecule has 168 valence electrons. The first-order valence-corrected chi connectivity index (χ1v) is 11.5. The zero-order chi connectivity index (χ0) is 22.5. The first-order chi connectivity index (χ1) is 14.8. The molecule has 1 atom stereocenters. The normalized spacial score (nSPS) is 17.5. The summed E-state index contributed by atoms with van der Waals surface area (Å²) >= 11 is 6.12. The van der Waals surface area contributed by atoms with Crippen LogP contribution in [0.3, 0.4) is 0 Å². The number of rotatable bonds is 7. The fourth-order valence-electron chi connectivity index (χ4n) is 3.34. The number of aromatic amines is 1. The van der Waals surface area contributed by atoms with Gasteiger partial charge in [0, 0.05) is 25.1 Å². The summed E-state index contributed by atoms with van der Waals surface area (Å²) in [5, 5.41) is 8.88. The number of H-pyrrole nitrogens is 1. The summed E-state index contributed by atoms with van der Waals surface area (Å²) in [6.07, 6.45) is 2.79. The predicted molar refractivity (Wildman–Crippen MR) is 117 cm³/mol. The van der Waals surface area contributed by atoms with E-state index < -0.39 is 17.5 Å². The molecule has 0 radical (unpaired) electrons. The van der Waals surface area contributed by atoms with Crippen LogP contribution in [0.15, 0.2) is 18.2 Å². The van der Waals surface area contributed by atoms with E-state index in [4.69, 9.17) is 11.6 Å². The van der Waals surface area contributed by atoms with Gasteiger partial charge in [-0.3, -0.25) is 19.5 Å². The Bertz CT molecular complexity index is 1000. The monoisotopic (exact) mass is 472 g/mol. The van der Waals surface area contributed by atoms with Gasteiger partial charge in [-0.15, -0.1) is 0 Å². The van der Waals surface area contributed by atoms with Crippen LogP contribution >= 0.6 is 23.4 Å². The summed E-state index contributed by atoms with van der Waals surface area (Å²) in [7, 11) is 0. The number of nitrogens with zero attached hydrogens (tertiary/aromatic N) is 2. The minimum absolute atomic E-state index is 0.0864. The van der Waals surface area contributed by atoms with E-state index in [-0.39, 0.29) is 39.2 Å². The summed E-state index contributed by atoms with van der Waals surface area (Å²) in [6, 6.07) is 2.61. The second kappa shape index (κ2) is 10.2. The molecule has 0 saturated carbocycles. The number of aromatic nitrogens is 2. The number of amides is 2. The number of carbonyl (C=O) groups is 3. The van der Waals surface area contributed by atoms with Gasteiger partial charge in [-0.2, -0.15) is 5.10 Å². The van der Waals surface area contributed by atoms with Crippen LogP contribution in [-0.2, 0) is 4.79 Å². The molecular weight excluding hydrogens is 450 g/mol. The van der Waals surface area contributed by atoms with Crippen molar-refractivity contribution in [3.05, 3.63) is 46.1 Å². The van der Waals surface area contributed by atoms with Crippen LogP contribution < -0.4 is 5.32 Å². The highest BCUT2D eigenvalue weighted by Crippen LogP contribution is 2.25. The molecule has 1 aromatic heterocycles. The third kappa shape index (κ3) is 5.62. The lowest BCUT2D eigenvalue weighted by Crippen LogP contribution is -2.43. The van der Waals surface area contributed by atoms with E-state index in [0.29, 0.717) is 36.9 Å². The quantitative estimate of drug-likeness (QED) is 0.600. The predicted octanol–water partition coefficient (Wildman–Crippen LogP) is 3.72. The van der Waals surface area contributed by atoms with Gasteiger partial charge in [0.2, 0.25) is 0 Å². The van der Waals surface area contributed by atoms with Crippen LogP contribution in [0.1, 0.15) is 53.5 Å². The number of benzene rings is 1. The lowest BCUT2D eigenvalue weighted by atomic mass is 10.1. The second-order valence-electron chi connectivity index (χ2n) is 7.22. The molecule has 0 aliphatic carbocycles. The van der Waals surface area contributed by atoms with E-state index in [9.17, 15) is 23.2 Å². The fraction of sp³-hybridized carbons (Fsp3) is 0.400. The second-order valence-corrected chi connectivity index (χ2v) is 9.03. The molecule has 1 unspecified atom stereocenters. The molecule has 1 saturated heterocycles. The number of carbonyl (C=O) groups excluding carboxylic acids is 3. The van der Waals surface area contributed by atoms with Crippen LogP contribution in [0.2, 0.25) is 5.02 Å². The van der Waals surface area contributed by atoms with Crippen LogP contribution in [-0.4, -0.2) is 50.4 Å². The Balaban J connectivity index is 1.74. The average Bonchev–Trinajstić information content (AvgIpc) is 3.19. The van der Waals surface area contributed by atoms with Crippen molar-refractivity contribution in [2.75, 3.05) is 17.6 Å². The molecule has 1 aliphatic heterocycles. The number of unbranched alkanes of at least 4 members (excludes halogenated alkanes) is 1. The van der Waals surface area contributed by atoms with Gasteiger partial charge in [0.25, 0.3) is 11.8 Å². The van der Waals surface area contributed by atoms with Crippen molar-refractivity contribution in [3.8, 4) is 0 Å². The van der Waals surface area contributed by atoms with Crippen molar-refractivity contribution in [3.63, 3.8) is 0 Å². The van der Waals surface area contributed by atoms with Gasteiger partial charge < -0.3 is 10.2 Å². The van der Waals surface area contributed by atoms with Crippen molar-refractivity contribution in [1.29, 1.82) is 0 Å². The van der Waals surface area contributed by atoms with E-state index in [0.717, 1.165) is 25.0 Å². The van der Waals surface area contributed by atoms with Crippen molar-refractivity contribution in [1.82, 2.24) is 15.1 Å². The molecule has 11 heteroatoms. The number of nitrogens with one attached hydrogen (secondary N) is 2. The van der Waals surface area contributed by atoms with E-state index in [1.54, 1.807) is 4.90 Å². The van der Waals surface area contributed by atoms with E-state index in [2.05, 4.69) is 15.5 Å². The van der Waals surface area contributed by atoms with Gasteiger partial charge in [0.15, 0.2) is 22.4 Å². The Morgan fingerprint density at radius 3 is 2.77 bits per heavy atom. The third-order valence-corrected chi connectivity index (χ3v) is 6.42. The molecule has 2 N–H and O–H groups in total. The topological polar surface area (TPSA) is 95.2 Å². The SMILES string of the molecule is CCCCN(C(=O)c1cc(NC(=O)c2cc(F)c(F)cc2Cl)[nH]n1)C1CC[SH2]C(=O)C1. The third-order valence-electron chi connectivity index (χ3n) is 4.97. The maximum Gasteiger partial charge on any atom is 0.274 e. The molecular formula is C20H23ClF2N4O3S. The maximum atomic E-state index is 13.5. The highest BCUT2D eigenvalue weighted by molar-refractivity contribution is 8.13. The molecule has 7 nitrogen and oxygen atoms in total. The number of hydrogen-bond acceptors (Lipinski definition) is 4. The van der Waals surface area contributed by atoms with Crippen molar-refractivity contribution >= 4 is 46.1 Å². The lowest BCUT2D eigenvalue weighted by molar-refractivity contribution is -0.112. The molecule has 3 rings (SSSR count). The van der Waals surface area contributed by atoms with Crippen molar-refractivity contribution < 1.29 is 23.2 Å². The summed E-state index contributed by atoms with van der Waals surface area (Å²) in [5.74, 6) is -2.61. The van der Waals surface area contributed by atoms with Gasteiger partial charge in [0.05, 0.1) is 10.6 Å². The summed E-state index contributed by atoms with van der Waals surface area (Å²) < 4.78 is 26.7. The van der Waals surface area contributed by atoms with Crippen LogP contribution in [0, 0.1) is 11.6 Å². The molecule has 2 amide bonds. The molecule has 2 aromatic rings. The maximum absolute atomic E-state index is 13.5. The highest BCUT2D eigenvalue weighted by Gasteiger charge is 2.30. The first-order valence-electron chi connectivity index (χ1n) is 9.89. The largest absolute Gasteiger partial charge is 0.334 e. The van der Waals surface area contributed by atoms with Gasteiger partial charge in [0.1, 0.15) is 5.82 Å². The Labute approximate surface area is 186 Å². The summed E-state index contributed by atoms with van der Waals surface area (Å²) in [5.41, 5.74) is -0.169. The fourth-order valence-corrected chi connectivity index (χ4v) is 4.71. The highest BCUT2D eigenvalue weighted by atomic mass is 35.5. The van der Waals surface area contributed by atoms with E-state index in [1.807, 2.05) is 6.92 Å². The zero-order valence-corrected chi connectivity index (χ0v) is 18.6. The Kier molecular flexibility index (Phi) is 7.66. The Morgan fingerprint density at radius 2 is 2.06 bits per heavy atom. The van der Waals surface area contributed by atoms with Crippen molar-refractivity contribution in [2.24, 2.45) is 0 Å². The van der Waals surface area contributed by atoms with Crippen LogP contribution in [0.5, 0.6) is 0 Å². The molecule has 1 aromatic carbocycles. The van der Waals surface area contributed by atoms with E-state index >= 15 is 0 Å². The smallest absolute Gasteiger partial charge is 0.274 e. The number of hydrogen-bond donors (Lipinski definition) is 2. The Morgan fingerprint density at radius 1 is 1.32 bits per heavy atom. The summed E-state index contributed by atoms with van der Waals surface area (Å²) in [4.78, 5) is 39.0. The summed E-state index contributed by atoms with van der Waals surface area (Å²) in [6.45, 7) is 2.52. The van der Waals surface area contributed by atoms with Gasteiger partial charge >= 0.3 is 0 Å². The zero-order valence-electron chi connectivity index (χ0n) is 16.8. The minimum atomic E-state index is -1.20. The number of anilines is 1. The van der Waals surface area contributed by atoms with E-state index in [1.165, 1.54) is 6.07 Å². The molecule has 0 bridgehead atoms. The number of halogens is 3. The van der Waals surface area contributed by atoms with Crippen molar-refractivity contribution in [2.45, 2.75) is 38.6 Å². The average molecular weight is 473 g/mol. The lowest BCUT2D eigenvalue weighted by Gasteiger charge is -2.33.